The first-order chi connectivity index (χ1) is 6.70. The van der Waals surface area contributed by atoms with E-state index in [1.165, 1.54) is 12.6 Å². The molecule has 0 amide bonds. The predicted molar refractivity (Wildman–Crippen MR) is 53.5 cm³/mol. The van der Waals surface area contributed by atoms with Crippen LogP contribution in [0.3, 0.4) is 0 Å². The van der Waals surface area contributed by atoms with Gasteiger partial charge in [0.2, 0.25) is 0 Å². The van der Waals surface area contributed by atoms with Crippen molar-refractivity contribution in [2.45, 2.75) is 24.8 Å². The van der Waals surface area contributed by atoms with Gasteiger partial charge in [-0.05, 0) is 25.3 Å². The largest absolute Gasteiger partial charge is 0.381 e. The van der Waals surface area contributed by atoms with E-state index in [0.29, 0.717) is 12.2 Å². The second-order valence-electron chi connectivity index (χ2n) is 3.93. The number of anilines is 1. The van der Waals surface area contributed by atoms with Gasteiger partial charge in [-0.25, -0.2) is 4.39 Å². The van der Waals surface area contributed by atoms with E-state index in [1.807, 2.05) is 0 Å². The second-order valence-corrected chi connectivity index (χ2v) is 3.93. The van der Waals surface area contributed by atoms with Gasteiger partial charge < -0.3 is 11.1 Å². The Kier molecular flexibility index (Phi) is 2.37. The van der Waals surface area contributed by atoms with Gasteiger partial charge in [0.05, 0.1) is 11.9 Å². The molecular formula is C10H14FN3. The summed E-state index contributed by atoms with van der Waals surface area (Å²) in [6.07, 6.45) is 5.98. The van der Waals surface area contributed by atoms with Crippen LogP contribution in [0.25, 0.3) is 0 Å². The van der Waals surface area contributed by atoms with Gasteiger partial charge in [0, 0.05) is 18.3 Å². The first-order valence-corrected chi connectivity index (χ1v) is 4.82. The van der Waals surface area contributed by atoms with Gasteiger partial charge in [0.15, 0.2) is 5.82 Å². The van der Waals surface area contributed by atoms with Crippen molar-refractivity contribution in [3.8, 4) is 0 Å². The Balaban J connectivity index is 1.95. The summed E-state index contributed by atoms with van der Waals surface area (Å²) in [5.41, 5.74) is 6.35. The summed E-state index contributed by atoms with van der Waals surface area (Å²) in [4.78, 5) is 3.68. The minimum absolute atomic E-state index is 0.129. The maximum atomic E-state index is 13.1. The number of hydrogen-bond donors (Lipinski definition) is 2. The number of rotatable bonds is 3. The number of aromatic nitrogens is 1. The number of nitrogens with zero attached hydrogens (tertiary/aromatic N) is 1. The van der Waals surface area contributed by atoms with Crippen LogP contribution in [0.1, 0.15) is 19.3 Å². The van der Waals surface area contributed by atoms with Crippen LogP contribution in [0.15, 0.2) is 18.5 Å². The summed E-state index contributed by atoms with van der Waals surface area (Å²) in [6.45, 7) is 0.633. The van der Waals surface area contributed by atoms with Crippen molar-refractivity contribution in [3.05, 3.63) is 24.3 Å². The fraction of sp³-hybridized carbons (Fsp3) is 0.500. The zero-order valence-corrected chi connectivity index (χ0v) is 7.96. The van der Waals surface area contributed by atoms with Gasteiger partial charge in [-0.1, -0.05) is 0 Å². The minimum atomic E-state index is -0.324. The van der Waals surface area contributed by atoms with Crippen LogP contribution >= 0.6 is 0 Å². The average molecular weight is 195 g/mol. The number of pyridine rings is 1. The lowest BCUT2D eigenvalue weighted by atomic mass is 9.78. The maximum Gasteiger partial charge on any atom is 0.164 e. The van der Waals surface area contributed by atoms with Crippen LogP contribution in [0, 0.1) is 5.82 Å². The smallest absolute Gasteiger partial charge is 0.164 e. The van der Waals surface area contributed by atoms with E-state index >= 15 is 0 Å². The van der Waals surface area contributed by atoms with Crippen molar-refractivity contribution >= 4 is 5.69 Å². The summed E-state index contributed by atoms with van der Waals surface area (Å²) >= 11 is 0. The third-order valence-corrected chi connectivity index (χ3v) is 2.75. The molecule has 0 aliphatic heterocycles. The minimum Gasteiger partial charge on any atom is -0.381 e. The molecule has 1 aliphatic rings. The fourth-order valence-corrected chi connectivity index (χ4v) is 1.60. The number of hydrogen-bond acceptors (Lipinski definition) is 3. The van der Waals surface area contributed by atoms with Crippen molar-refractivity contribution in [1.29, 1.82) is 0 Å². The number of nitrogens with one attached hydrogen (secondary N) is 1. The van der Waals surface area contributed by atoms with Crippen molar-refractivity contribution in [3.63, 3.8) is 0 Å². The maximum absolute atomic E-state index is 13.1. The van der Waals surface area contributed by atoms with Gasteiger partial charge in [-0.15, -0.1) is 0 Å². The van der Waals surface area contributed by atoms with Crippen LogP contribution in [-0.4, -0.2) is 17.1 Å². The van der Waals surface area contributed by atoms with Crippen LogP contribution in [0.4, 0.5) is 10.1 Å². The molecule has 0 bridgehead atoms. The molecule has 1 aromatic rings. The van der Waals surface area contributed by atoms with Crippen molar-refractivity contribution in [2.75, 3.05) is 11.9 Å². The first-order valence-electron chi connectivity index (χ1n) is 4.82. The van der Waals surface area contributed by atoms with E-state index in [-0.39, 0.29) is 11.4 Å². The summed E-state index contributed by atoms with van der Waals surface area (Å²) in [5.74, 6) is -0.324. The van der Waals surface area contributed by atoms with Gasteiger partial charge in [-0.2, -0.15) is 0 Å². The number of nitrogens with two attached hydrogens (primary N) is 1. The third kappa shape index (κ3) is 1.85. The molecule has 1 heterocycles. The molecule has 0 unspecified atom stereocenters. The monoisotopic (exact) mass is 195 g/mol. The molecule has 3 nitrogen and oxygen atoms in total. The Morgan fingerprint density at radius 3 is 2.93 bits per heavy atom. The highest BCUT2D eigenvalue weighted by atomic mass is 19.1. The van der Waals surface area contributed by atoms with E-state index in [2.05, 4.69) is 10.3 Å². The van der Waals surface area contributed by atoms with E-state index < -0.39 is 0 Å². The summed E-state index contributed by atoms with van der Waals surface area (Å²) in [7, 11) is 0. The lowest BCUT2D eigenvalue weighted by molar-refractivity contribution is 0.265. The molecule has 0 atom stereocenters. The summed E-state index contributed by atoms with van der Waals surface area (Å²) < 4.78 is 13.1. The third-order valence-electron chi connectivity index (χ3n) is 2.75. The quantitative estimate of drug-likeness (QED) is 0.768. The van der Waals surface area contributed by atoms with E-state index in [4.69, 9.17) is 5.73 Å². The highest BCUT2D eigenvalue weighted by molar-refractivity contribution is 5.43. The van der Waals surface area contributed by atoms with E-state index in [1.54, 1.807) is 12.3 Å². The highest BCUT2D eigenvalue weighted by Gasteiger charge is 2.32. The molecular weight excluding hydrogens is 181 g/mol. The average Bonchev–Trinajstić information content (AvgIpc) is 2.14. The SMILES string of the molecule is NC1(CNc2ccncc2F)CCC1. The van der Waals surface area contributed by atoms with Crippen LogP contribution in [-0.2, 0) is 0 Å². The zero-order chi connectivity index (χ0) is 10.0. The molecule has 76 valence electrons. The zero-order valence-electron chi connectivity index (χ0n) is 7.96. The van der Waals surface area contributed by atoms with Crippen LogP contribution in [0.5, 0.6) is 0 Å². The molecule has 1 fully saturated rings. The van der Waals surface area contributed by atoms with E-state index in [9.17, 15) is 4.39 Å². The summed E-state index contributed by atoms with van der Waals surface area (Å²) in [6, 6.07) is 1.62. The Morgan fingerprint density at radius 2 is 2.36 bits per heavy atom. The van der Waals surface area contributed by atoms with Gasteiger partial charge in [0.1, 0.15) is 0 Å². The normalized spacial score (nSPS) is 18.7. The molecule has 0 saturated heterocycles. The molecule has 14 heavy (non-hydrogen) atoms. The Bertz CT molecular complexity index is 323. The fourth-order valence-electron chi connectivity index (χ4n) is 1.60. The predicted octanol–water partition coefficient (Wildman–Crippen LogP) is 1.51. The van der Waals surface area contributed by atoms with Crippen molar-refractivity contribution in [2.24, 2.45) is 5.73 Å². The second kappa shape index (κ2) is 3.53. The van der Waals surface area contributed by atoms with Crippen LogP contribution in [0.2, 0.25) is 0 Å². The number of halogens is 1. The highest BCUT2D eigenvalue weighted by Crippen LogP contribution is 2.29. The molecule has 0 radical (unpaired) electrons. The molecule has 0 spiro atoms. The molecule has 1 saturated carbocycles. The van der Waals surface area contributed by atoms with Gasteiger partial charge >= 0.3 is 0 Å². The first kappa shape index (κ1) is 9.40. The van der Waals surface area contributed by atoms with Gasteiger partial charge in [0.25, 0.3) is 0 Å². The lowest BCUT2D eigenvalue weighted by Gasteiger charge is -2.38. The lowest BCUT2D eigenvalue weighted by Crippen LogP contribution is -2.52. The van der Waals surface area contributed by atoms with Crippen LogP contribution < -0.4 is 11.1 Å². The molecule has 3 N–H and O–H groups in total. The molecule has 1 aromatic heterocycles. The van der Waals surface area contributed by atoms with Crippen molar-refractivity contribution in [1.82, 2.24) is 4.98 Å². The molecule has 4 heteroatoms. The van der Waals surface area contributed by atoms with E-state index in [0.717, 1.165) is 12.8 Å². The van der Waals surface area contributed by atoms with Crippen molar-refractivity contribution < 1.29 is 4.39 Å². The standard InChI is InChI=1S/C10H14FN3/c11-8-6-13-5-2-9(8)14-7-10(12)3-1-4-10/h2,5-6H,1,3-4,7,12H2,(H,13,14). The molecule has 0 aromatic carbocycles. The Morgan fingerprint density at radius 1 is 1.57 bits per heavy atom. The topological polar surface area (TPSA) is 50.9 Å². The van der Waals surface area contributed by atoms with Gasteiger partial charge in [-0.3, -0.25) is 4.98 Å². The summed E-state index contributed by atoms with van der Waals surface area (Å²) in [5, 5.41) is 3.02. The molecule has 2 rings (SSSR count). The Hall–Kier alpha value is -1.16. The molecule has 1 aliphatic carbocycles. The Labute approximate surface area is 82.5 Å².